The molecule has 4 N–H and O–H groups in total. The molecule has 26 heavy (non-hydrogen) atoms. The summed E-state index contributed by atoms with van der Waals surface area (Å²) in [6, 6.07) is 8.70. The van der Waals surface area contributed by atoms with E-state index in [1.807, 2.05) is 0 Å². The van der Waals surface area contributed by atoms with Crippen molar-refractivity contribution in [2.45, 2.75) is 7.43 Å². The van der Waals surface area contributed by atoms with Crippen molar-refractivity contribution in [3.8, 4) is 0 Å². The van der Waals surface area contributed by atoms with Crippen LogP contribution in [-0.2, 0) is 7.05 Å². The predicted molar refractivity (Wildman–Crippen MR) is 108 cm³/mol. The second kappa shape index (κ2) is 6.51. The van der Waals surface area contributed by atoms with Crippen LogP contribution in [0.2, 0.25) is 10.0 Å². The smallest absolute Gasteiger partial charge is 0.262 e. The number of halogens is 2. The summed E-state index contributed by atoms with van der Waals surface area (Å²) in [5.74, 6) is 0.564. The van der Waals surface area contributed by atoms with Crippen LogP contribution in [0.3, 0.4) is 0 Å². The van der Waals surface area contributed by atoms with Gasteiger partial charge in [0.1, 0.15) is 0 Å². The second-order valence-electron chi connectivity index (χ2n) is 5.49. The van der Waals surface area contributed by atoms with E-state index in [9.17, 15) is 4.79 Å². The van der Waals surface area contributed by atoms with E-state index in [1.54, 1.807) is 41.9 Å². The Kier molecular flexibility index (Phi) is 4.52. The van der Waals surface area contributed by atoms with E-state index in [1.165, 1.54) is 0 Å². The number of hydrogen-bond acceptors (Lipinski definition) is 5. The van der Waals surface area contributed by atoms with Gasteiger partial charge in [0.25, 0.3) is 5.56 Å². The third kappa shape index (κ3) is 2.75. The predicted octanol–water partition coefficient (Wildman–Crippen LogP) is 4.08. The lowest BCUT2D eigenvalue weighted by molar-refractivity contribution is 0.960. The van der Waals surface area contributed by atoms with Crippen molar-refractivity contribution in [1.82, 2.24) is 19.5 Å². The largest absolute Gasteiger partial charge is 0.369 e. The van der Waals surface area contributed by atoms with E-state index in [2.05, 4.69) is 20.3 Å². The number of hydrogen-bond donors (Lipinski definition) is 3. The summed E-state index contributed by atoms with van der Waals surface area (Å²) in [5.41, 5.74) is 7.61. The highest BCUT2D eigenvalue weighted by Gasteiger charge is 2.16. The van der Waals surface area contributed by atoms with E-state index in [-0.39, 0.29) is 18.9 Å². The summed E-state index contributed by atoms with van der Waals surface area (Å²) >= 11 is 12.4. The Balaban J connectivity index is 0.00000196. The number of aromatic amines is 1. The summed E-state index contributed by atoms with van der Waals surface area (Å²) in [7, 11) is 1.79. The fourth-order valence-electron chi connectivity index (χ4n) is 2.79. The zero-order valence-corrected chi connectivity index (χ0v) is 14.5. The summed E-state index contributed by atoms with van der Waals surface area (Å²) in [6.07, 6.45) is 0. The molecule has 4 aromatic rings. The van der Waals surface area contributed by atoms with Gasteiger partial charge in [0, 0.05) is 7.05 Å². The number of para-hydroxylation sites is 1. The molecule has 2 aromatic carbocycles. The van der Waals surface area contributed by atoms with Crippen LogP contribution in [0, 0.1) is 0 Å². The fourth-order valence-corrected chi connectivity index (χ4v) is 3.28. The van der Waals surface area contributed by atoms with Gasteiger partial charge < -0.3 is 15.6 Å². The van der Waals surface area contributed by atoms with Crippen LogP contribution >= 0.6 is 23.2 Å². The van der Waals surface area contributed by atoms with Gasteiger partial charge in [0.05, 0.1) is 37.7 Å². The minimum Gasteiger partial charge on any atom is -0.369 e. The van der Waals surface area contributed by atoms with Crippen LogP contribution in [0.4, 0.5) is 17.6 Å². The molecule has 0 saturated carbocycles. The Labute approximate surface area is 158 Å². The molecule has 0 atom stereocenters. The normalized spacial score (nSPS) is 10.9. The molecule has 4 rings (SSSR count). The molecule has 0 amide bonds. The molecule has 2 heterocycles. The van der Waals surface area contributed by atoms with E-state index in [4.69, 9.17) is 28.9 Å². The maximum Gasteiger partial charge on any atom is 0.262 e. The molecule has 9 heteroatoms. The maximum absolute atomic E-state index is 12.4. The molecule has 0 bridgehead atoms. The molecule has 0 saturated heterocycles. The summed E-state index contributed by atoms with van der Waals surface area (Å²) < 4.78 is 1.75. The lowest BCUT2D eigenvalue weighted by Gasteiger charge is -2.10. The topological polar surface area (TPSA) is 102 Å². The Bertz CT molecular complexity index is 1180. The van der Waals surface area contributed by atoms with Gasteiger partial charge in [-0.25, -0.2) is 9.97 Å². The summed E-state index contributed by atoms with van der Waals surface area (Å²) in [4.78, 5) is 23.6. The quantitative estimate of drug-likeness (QED) is 0.478. The van der Waals surface area contributed by atoms with Crippen LogP contribution in [0.5, 0.6) is 0 Å². The number of nitrogens with one attached hydrogen (secondary N) is 2. The van der Waals surface area contributed by atoms with Crippen molar-refractivity contribution in [3.05, 3.63) is 50.7 Å². The Hall–Kier alpha value is -2.77. The molecule has 0 aliphatic heterocycles. The highest BCUT2D eigenvalue weighted by atomic mass is 35.5. The highest BCUT2D eigenvalue weighted by Crippen LogP contribution is 2.33. The first-order valence-electron chi connectivity index (χ1n) is 7.31. The number of anilines is 3. The average molecular weight is 391 g/mol. The van der Waals surface area contributed by atoms with Gasteiger partial charge in [-0.15, -0.1) is 0 Å². The number of nitrogens with zero attached hydrogens (tertiary/aromatic N) is 3. The number of fused-ring (bicyclic) bond motifs is 3. The molecule has 0 fully saturated rings. The minimum atomic E-state index is -0.321. The van der Waals surface area contributed by atoms with Crippen LogP contribution in [0.25, 0.3) is 21.9 Å². The van der Waals surface area contributed by atoms with E-state index in [0.717, 1.165) is 0 Å². The van der Waals surface area contributed by atoms with E-state index in [0.29, 0.717) is 43.6 Å². The number of aromatic nitrogens is 4. The number of nitrogens with two attached hydrogens (primary N) is 1. The molecule has 0 aliphatic carbocycles. The molecule has 7 nitrogen and oxygen atoms in total. The third-order valence-corrected chi connectivity index (χ3v) is 4.55. The minimum absolute atomic E-state index is 0. The van der Waals surface area contributed by atoms with Crippen molar-refractivity contribution in [1.29, 1.82) is 0 Å². The second-order valence-corrected chi connectivity index (χ2v) is 6.31. The van der Waals surface area contributed by atoms with Crippen molar-refractivity contribution in [3.63, 3.8) is 0 Å². The van der Waals surface area contributed by atoms with Crippen molar-refractivity contribution < 1.29 is 0 Å². The number of H-pyrrole nitrogens is 1. The van der Waals surface area contributed by atoms with Crippen molar-refractivity contribution in [2.24, 2.45) is 7.05 Å². The molecule has 0 radical (unpaired) electrons. The maximum atomic E-state index is 12.4. The van der Waals surface area contributed by atoms with Gasteiger partial charge in [-0.3, -0.25) is 9.78 Å². The SMILES string of the molecule is C.Cn1c(Nc2c(Cl)cccc2Cl)nc2ccc3nc(N)[nH]c(=O)c3c21. The Morgan fingerprint density at radius 3 is 2.46 bits per heavy atom. The zero-order chi connectivity index (χ0) is 17.7. The van der Waals surface area contributed by atoms with Gasteiger partial charge in [0.15, 0.2) is 0 Å². The molecule has 0 unspecified atom stereocenters. The Morgan fingerprint density at radius 2 is 1.77 bits per heavy atom. The Morgan fingerprint density at radius 1 is 1.12 bits per heavy atom. The first-order chi connectivity index (χ1) is 12.0. The van der Waals surface area contributed by atoms with Crippen molar-refractivity contribution in [2.75, 3.05) is 11.1 Å². The van der Waals surface area contributed by atoms with Crippen LogP contribution in [0.15, 0.2) is 35.1 Å². The number of aryl methyl sites for hydroxylation is 1. The van der Waals surface area contributed by atoms with Gasteiger partial charge in [-0.1, -0.05) is 36.7 Å². The number of nitrogen functional groups attached to an aromatic ring is 1. The summed E-state index contributed by atoms with van der Waals surface area (Å²) in [5, 5.41) is 4.48. The first kappa shape index (κ1) is 18.0. The summed E-state index contributed by atoms with van der Waals surface area (Å²) in [6.45, 7) is 0. The lowest BCUT2D eigenvalue weighted by Crippen LogP contribution is -2.12. The molecule has 0 aliphatic rings. The van der Waals surface area contributed by atoms with Crippen LogP contribution < -0.4 is 16.6 Å². The molecule has 0 spiro atoms. The first-order valence-corrected chi connectivity index (χ1v) is 8.07. The van der Waals surface area contributed by atoms with Crippen molar-refractivity contribution >= 4 is 62.7 Å². The van der Waals surface area contributed by atoms with Gasteiger partial charge >= 0.3 is 0 Å². The lowest BCUT2D eigenvalue weighted by atomic mass is 10.2. The average Bonchev–Trinajstić information content (AvgIpc) is 2.87. The number of benzene rings is 2. The number of rotatable bonds is 2. The molecule has 134 valence electrons. The molecule has 2 aromatic heterocycles. The van der Waals surface area contributed by atoms with Gasteiger partial charge in [0.2, 0.25) is 11.9 Å². The van der Waals surface area contributed by atoms with E-state index >= 15 is 0 Å². The third-order valence-electron chi connectivity index (χ3n) is 3.92. The highest BCUT2D eigenvalue weighted by molar-refractivity contribution is 6.39. The van der Waals surface area contributed by atoms with Crippen LogP contribution in [-0.4, -0.2) is 19.5 Å². The molecular weight excluding hydrogens is 375 g/mol. The monoisotopic (exact) mass is 390 g/mol. The number of imidazole rings is 1. The molecular formula is C17H16Cl2N6O. The fraction of sp³-hybridized carbons (Fsp3) is 0.118. The van der Waals surface area contributed by atoms with Crippen LogP contribution in [0.1, 0.15) is 7.43 Å². The zero-order valence-electron chi connectivity index (χ0n) is 13.0. The van der Waals surface area contributed by atoms with Gasteiger partial charge in [-0.05, 0) is 24.3 Å². The standard InChI is InChI=1S/C16H12Cl2N6O.CH4/c1-24-13-10(6-5-9-11(13)14(25)23-15(19)20-9)21-16(24)22-12-7(17)3-2-4-8(12)18;/h2-6H,1H3,(H,21,22)(H3,19,20,23,25);1H4. The van der Waals surface area contributed by atoms with Gasteiger partial charge in [-0.2, -0.15) is 0 Å². The van der Waals surface area contributed by atoms with E-state index < -0.39 is 0 Å².